The molecule has 0 aliphatic rings. The van der Waals surface area contributed by atoms with E-state index >= 15 is 0 Å². The van der Waals surface area contributed by atoms with Crippen LogP contribution in [0.25, 0.3) is 0 Å². The maximum Gasteiger partial charge on any atom is 0.119 e. The molecular weight excluding hydrogens is 264 g/mol. The van der Waals surface area contributed by atoms with Crippen LogP contribution in [0.4, 0.5) is 0 Å². The van der Waals surface area contributed by atoms with Crippen LogP contribution >= 0.6 is 0 Å². The van der Waals surface area contributed by atoms with Gasteiger partial charge in [0.1, 0.15) is 5.75 Å². The number of hydrogen-bond donors (Lipinski definition) is 2. The van der Waals surface area contributed by atoms with Gasteiger partial charge in [-0.2, -0.15) is 5.26 Å². The quantitative estimate of drug-likeness (QED) is 0.854. The molecule has 0 saturated carbocycles. The van der Waals surface area contributed by atoms with Crippen molar-refractivity contribution in [1.82, 2.24) is 5.32 Å². The number of rotatable bonds is 6. The first-order chi connectivity index (χ1) is 10.3. The van der Waals surface area contributed by atoms with E-state index in [-0.39, 0.29) is 12.6 Å². The van der Waals surface area contributed by atoms with E-state index in [1.54, 1.807) is 13.2 Å². The van der Waals surface area contributed by atoms with Gasteiger partial charge in [0.05, 0.1) is 31.4 Å². The molecular formula is C17H18N2O2. The van der Waals surface area contributed by atoms with Crippen molar-refractivity contribution < 1.29 is 9.84 Å². The molecule has 4 nitrogen and oxygen atoms in total. The molecule has 0 bridgehead atoms. The van der Waals surface area contributed by atoms with Gasteiger partial charge >= 0.3 is 0 Å². The second kappa shape index (κ2) is 7.44. The molecule has 0 saturated heterocycles. The molecule has 0 spiro atoms. The largest absolute Gasteiger partial charge is 0.497 e. The Morgan fingerprint density at radius 1 is 1.24 bits per heavy atom. The number of nitrogens with one attached hydrogen (secondary N) is 1. The maximum absolute atomic E-state index is 9.57. The van der Waals surface area contributed by atoms with Gasteiger partial charge < -0.3 is 15.2 Å². The van der Waals surface area contributed by atoms with Crippen LogP contribution in [0.3, 0.4) is 0 Å². The number of benzene rings is 2. The highest BCUT2D eigenvalue weighted by atomic mass is 16.5. The number of hydrogen-bond acceptors (Lipinski definition) is 4. The lowest BCUT2D eigenvalue weighted by molar-refractivity contribution is 0.243. The summed E-state index contributed by atoms with van der Waals surface area (Å²) in [5.41, 5.74) is 2.61. The molecule has 4 heteroatoms. The Hall–Kier alpha value is -2.35. The lowest BCUT2D eigenvalue weighted by Gasteiger charge is -2.17. The topological polar surface area (TPSA) is 65.3 Å². The lowest BCUT2D eigenvalue weighted by atomic mass is 10.1. The predicted octanol–water partition coefficient (Wildman–Crippen LogP) is 2.39. The van der Waals surface area contributed by atoms with Crippen LogP contribution in [0.1, 0.15) is 22.7 Å². The highest BCUT2D eigenvalue weighted by molar-refractivity contribution is 5.33. The standard InChI is InChI=1S/C17H18N2O2/c1-21-16-7-3-6-15(9-16)17(12-20)19-11-14-5-2-4-13(8-14)10-18/h2-9,17,19-20H,11-12H2,1H3. The second-order valence-corrected chi connectivity index (χ2v) is 4.70. The van der Waals surface area contributed by atoms with E-state index in [9.17, 15) is 5.11 Å². The van der Waals surface area contributed by atoms with Gasteiger partial charge in [0.25, 0.3) is 0 Å². The van der Waals surface area contributed by atoms with Crippen molar-refractivity contribution in [3.8, 4) is 11.8 Å². The third kappa shape index (κ3) is 4.06. The van der Waals surface area contributed by atoms with Crippen molar-refractivity contribution in [2.75, 3.05) is 13.7 Å². The SMILES string of the molecule is COc1cccc(C(CO)NCc2cccc(C#N)c2)c1. The van der Waals surface area contributed by atoms with E-state index in [1.807, 2.05) is 42.5 Å². The molecule has 2 aromatic rings. The summed E-state index contributed by atoms with van der Waals surface area (Å²) in [6.45, 7) is 0.572. The van der Waals surface area contributed by atoms with E-state index in [0.29, 0.717) is 12.1 Å². The zero-order chi connectivity index (χ0) is 15.1. The third-order valence-corrected chi connectivity index (χ3v) is 3.29. The summed E-state index contributed by atoms with van der Waals surface area (Å²) in [5.74, 6) is 0.763. The van der Waals surface area contributed by atoms with Crippen molar-refractivity contribution in [1.29, 1.82) is 5.26 Å². The molecule has 1 unspecified atom stereocenters. The zero-order valence-electron chi connectivity index (χ0n) is 11.9. The molecule has 0 aliphatic heterocycles. The minimum atomic E-state index is -0.175. The minimum Gasteiger partial charge on any atom is -0.497 e. The Kier molecular flexibility index (Phi) is 5.33. The van der Waals surface area contributed by atoms with E-state index in [2.05, 4.69) is 11.4 Å². The van der Waals surface area contributed by atoms with Crippen molar-refractivity contribution in [2.24, 2.45) is 0 Å². The van der Waals surface area contributed by atoms with E-state index in [4.69, 9.17) is 10.00 Å². The Morgan fingerprint density at radius 3 is 2.76 bits per heavy atom. The molecule has 2 N–H and O–H groups in total. The third-order valence-electron chi connectivity index (χ3n) is 3.29. The van der Waals surface area contributed by atoms with Gasteiger partial charge in [0.15, 0.2) is 0 Å². The van der Waals surface area contributed by atoms with Crippen LogP contribution in [0.15, 0.2) is 48.5 Å². The fourth-order valence-electron chi connectivity index (χ4n) is 2.14. The number of ether oxygens (including phenoxy) is 1. The fourth-order valence-corrected chi connectivity index (χ4v) is 2.14. The smallest absolute Gasteiger partial charge is 0.119 e. The van der Waals surface area contributed by atoms with Crippen LogP contribution in [-0.2, 0) is 6.54 Å². The molecule has 0 heterocycles. The molecule has 0 fully saturated rings. The Labute approximate surface area is 124 Å². The molecule has 0 aliphatic carbocycles. The number of aliphatic hydroxyl groups is 1. The van der Waals surface area contributed by atoms with E-state index in [0.717, 1.165) is 16.9 Å². The molecule has 1 atom stereocenters. The van der Waals surface area contributed by atoms with Gasteiger partial charge in [0.2, 0.25) is 0 Å². The first-order valence-electron chi connectivity index (χ1n) is 6.74. The summed E-state index contributed by atoms with van der Waals surface area (Å²) >= 11 is 0. The maximum atomic E-state index is 9.57. The van der Waals surface area contributed by atoms with Crippen molar-refractivity contribution in [3.05, 3.63) is 65.2 Å². The van der Waals surface area contributed by atoms with Crippen molar-refractivity contribution in [3.63, 3.8) is 0 Å². The molecule has 108 valence electrons. The molecule has 0 aromatic heterocycles. The van der Waals surface area contributed by atoms with Crippen LogP contribution in [0.5, 0.6) is 5.75 Å². The van der Waals surface area contributed by atoms with Crippen LogP contribution in [-0.4, -0.2) is 18.8 Å². The average Bonchev–Trinajstić information content (AvgIpc) is 2.56. The summed E-state index contributed by atoms with van der Waals surface area (Å²) < 4.78 is 5.20. The van der Waals surface area contributed by atoms with E-state index in [1.165, 1.54) is 0 Å². The number of methoxy groups -OCH3 is 1. The van der Waals surface area contributed by atoms with Gasteiger partial charge in [-0.3, -0.25) is 0 Å². The highest BCUT2D eigenvalue weighted by Crippen LogP contribution is 2.19. The summed E-state index contributed by atoms with van der Waals surface area (Å²) in [4.78, 5) is 0. The van der Waals surface area contributed by atoms with Crippen molar-refractivity contribution >= 4 is 0 Å². The summed E-state index contributed by atoms with van der Waals surface area (Å²) in [7, 11) is 1.62. The minimum absolute atomic E-state index is 0.00882. The van der Waals surface area contributed by atoms with Gasteiger partial charge in [-0.1, -0.05) is 24.3 Å². The first kappa shape index (κ1) is 15.0. The lowest BCUT2D eigenvalue weighted by Crippen LogP contribution is -2.24. The zero-order valence-corrected chi connectivity index (χ0v) is 11.9. The van der Waals surface area contributed by atoms with Crippen LogP contribution in [0, 0.1) is 11.3 Å². The normalized spacial score (nSPS) is 11.7. The fraction of sp³-hybridized carbons (Fsp3) is 0.235. The van der Waals surface area contributed by atoms with E-state index < -0.39 is 0 Å². The Morgan fingerprint density at radius 2 is 2.05 bits per heavy atom. The monoisotopic (exact) mass is 282 g/mol. The summed E-state index contributed by atoms with van der Waals surface area (Å²) in [6, 6.07) is 17.0. The summed E-state index contributed by atoms with van der Waals surface area (Å²) in [5, 5.41) is 21.8. The number of nitrogens with zero attached hydrogens (tertiary/aromatic N) is 1. The molecule has 0 amide bonds. The Bertz CT molecular complexity index is 635. The van der Waals surface area contributed by atoms with Gasteiger partial charge in [-0.15, -0.1) is 0 Å². The predicted molar refractivity (Wildman–Crippen MR) is 80.8 cm³/mol. The first-order valence-corrected chi connectivity index (χ1v) is 6.74. The van der Waals surface area contributed by atoms with Crippen LogP contribution < -0.4 is 10.1 Å². The average molecular weight is 282 g/mol. The second-order valence-electron chi connectivity index (χ2n) is 4.70. The highest BCUT2D eigenvalue weighted by Gasteiger charge is 2.10. The molecule has 2 aromatic carbocycles. The number of aliphatic hydroxyl groups excluding tert-OH is 1. The van der Waals surface area contributed by atoms with Gasteiger partial charge in [0, 0.05) is 6.54 Å². The molecule has 0 radical (unpaired) electrons. The van der Waals surface area contributed by atoms with Crippen LogP contribution in [0.2, 0.25) is 0 Å². The van der Waals surface area contributed by atoms with Gasteiger partial charge in [-0.05, 0) is 35.4 Å². The van der Waals surface area contributed by atoms with Crippen molar-refractivity contribution in [2.45, 2.75) is 12.6 Å². The number of nitriles is 1. The summed E-state index contributed by atoms with van der Waals surface area (Å²) in [6.07, 6.45) is 0. The molecule has 21 heavy (non-hydrogen) atoms. The van der Waals surface area contributed by atoms with Gasteiger partial charge in [-0.25, -0.2) is 0 Å². The Balaban J connectivity index is 2.06. The molecule has 2 rings (SSSR count).